The lowest BCUT2D eigenvalue weighted by molar-refractivity contribution is -0.0260. The Morgan fingerprint density at radius 2 is 1.70 bits per heavy atom. The van der Waals surface area contributed by atoms with Crippen molar-refractivity contribution >= 4 is 0 Å². The molecule has 1 aromatic rings. The average Bonchev–Trinajstić information content (AvgIpc) is 2.79. The van der Waals surface area contributed by atoms with Crippen LogP contribution in [0.2, 0.25) is 0 Å². The van der Waals surface area contributed by atoms with E-state index >= 15 is 0 Å². The fourth-order valence-electron chi connectivity index (χ4n) is 7.10. The summed E-state index contributed by atoms with van der Waals surface area (Å²) in [6.45, 7) is 16.6. The SMILES string of the molecule is CCCCCC(C(C)C)C(C)(C)c1cc(OC)c([C@H]2C=C(CO)[C@H]3C[C@@H]2C3(C)C)c(OC)c1. The first-order valence-electron chi connectivity index (χ1n) is 13.1. The molecule has 0 heterocycles. The number of rotatable bonds is 11. The zero-order chi connectivity index (χ0) is 24.6. The minimum Gasteiger partial charge on any atom is -0.496 e. The van der Waals surface area contributed by atoms with Crippen molar-refractivity contribution in [1.29, 1.82) is 0 Å². The first-order valence-corrected chi connectivity index (χ1v) is 13.1. The van der Waals surface area contributed by atoms with Gasteiger partial charge in [0.2, 0.25) is 0 Å². The van der Waals surface area contributed by atoms with Crippen LogP contribution in [0.25, 0.3) is 0 Å². The molecule has 3 nitrogen and oxygen atoms in total. The van der Waals surface area contributed by atoms with E-state index in [1.165, 1.54) is 36.8 Å². The predicted molar refractivity (Wildman–Crippen MR) is 138 cm³/mol. The van der Waals surface area contributed by atoms with Gasteiger partial charge in [-0.15, -0.1) is 0 Å². The van der Waals surface area contributed by atoms with E-state index in [2.05, 4.69) is 66.7 Å². The largest absolute Gasteiger partial charge is 0.496 e. The highest BCUT2D eigenvalue weighted by Crippen LogP contribution is 2.65. The van der Waals surface area contributed by atoms with Crippen LogP contribution in [-0.4, -0.2) is 25.9 Å². The van der Waals surface area contributed by atoms with E-state index in [-0.39, 0.29) is 23.4 Å². The van der Waals surface area contributed by atoms with E-state index in [1.54, 1.807) is 14.2 Å². The Labute approximate surface area is 203 Å². The lowest BCUT2D eigenvalue weighted by Gasteiger charge is -2.59. The maximum absolute atomic E-state index is 10.1. The third-order valence-electron chi connectivity index (χ3n) is 9.27. The summed E-state index contributed by atoms with van der Waals surface area (Å²) < 4.78 is 12.1. The topological polar surface area (TPSA) is 38.7 Å². The zero-order valence-corrected chi connectivity index (χ0v) is 22.6. The Morgan fingerprint density at radius 1 is 1.09 bits per heavy atom. The number of hydrogen-bond acceptors (Lipinski definition) is 3. The van der Waals surface area contributed by atoms with Crippen LogP contribution in [0.5, 0.6) is 11.5 Å². The fourth-order valence-corrected chi connectivity index (χ4v) is 7.10. The molecule has 0 aliphatic heterocycles. The lowest BCUT2D eigenvalue weighted by Crippen LogP contribution is -2.51. The van der Waals surface area contributed by atoms with Gasteiger partial charge in [-0.05, 0) is 70.6 Å². The number of methoxy groups -OCH3 is 2. The molecule has 3 aliphatic rings. The van der Waals surface area contributed by atoms with Gasteiger partial charge in [0.1, 0.15) is 11.5 Å². The van der Waals surface area contributed by atoms with Gasteiger partial charge in [0.15, 0.2) is 0 Å². The Bertz CT molecular complexity index is 823. The number of aliphatic hydroxyl groups excluding tert-OH is 1. The van der Waals surface area contributed by atoms with Crippen LogP contribution >= 0.6 is 0 Å². The molecule has 1 fully saturated rings. The molecule has 1 aromatic carbocycles. The lowest BCUT2D eigenvalue weighted by atomic mass is 9.45. The molecule has 1 saturated carbocycles. The number of unbranched alkanes of at least 4 members (excludes halogenated alkanes) is 2. The monoisotopic (exact) mass is 456 g/mol. The van der Waals surface area contributed by atoms with Crippen molar-refractivity contribution < 1.29 is 14.6 Å². The summed E-state index contributed by atoms with van der Waals surface area (Å²) in [5, 5.41) is 10.1. The number of ether oxygens (including phenoxy) is 2. The number of fused-ring (bicyclic) bond motifs is 1. The number of hydrogen-bond donors (Lipinski definition) is 1. The van der Waals surface area contributed by atoms with Crippen LogP contribution in [-0.2, 0) is 5.41 Å². The Hall–Kier alpha value is -1.48. The van der Waals surface area contributed by atoms with Crippen LogP contribution in [0.1, 0.15) is 97.6 Å². The van der Waals surface area contributed by atoms with Crippen molar-refractivity contribution in [2.24, 2.45) is 29.1 Å². The first-order chi connectivity index (χ1) is 15.5. The van der Waals surface area contributed by atoms with E-state index in [0.717, 1.165) is 23.5 Å². The number of allylic oxidation sites excluding steroid dienone is 1. The summed E-state index contributed by atoms with van der Waals surface area (Å²) in [5.41, 5.74) is 3.82. The van der Waals surface area contributed by atoms with Crippen LogP contribution in [0.15, 0.2) is 23.8 Å². The molecule has 4 atom stereocenters. The molecule has 1 N–H and O–H groups in total. The van der Waals surface area contributed by atoms with E-state index in [4.69, 9.17) is 9.47 Å². The quantitative estimate of drug-likeness (QED) is 0.276. The average molecular weight is 457 g/mol. The van der Waals surface area contributed by atoms with Crippen molar-refractivity contribution in [3.63, 3.8) is 0 Å². The van der Waals surface area contributed by atoms with Crippen LogP contribution in [0.3, 0.4) is 0 Å². The van der Waals surface area contributed by atoms with Crippen LogP contribution < -0.4 is 9.47 Å². The van der Waals surface area contributed by atoms with E-state index < -0.39 is 0 Å². The normalized spacial score (nSPS) is 24.8. The first kappa shape index (κ1) is 26.1. The molecule has 3 heteroatoms. The summed E-state index contributed by atoms with van der Waals surface area (Å²) in [5.74, 6) is 4.28. The molecule has 0 amide bonds. The molecule has 0 aromatic heterocycles. The van der Waals surface area contributed by atoms with Crippen LogP contribution in [0, 0.1) is 29.1 Å². The third kappa shape index (κ3) is 4.59. The molecule has 0 saturated heterocycles. The van der Waals surface area contributed by atoms with Crippen molar-refractivity contribution in [2.45, 2.75) is 91.9 Å². The van der Waals surface area contributed by atoms with Gasteiger partial charge < -0.3 is 14.6 Å². The minimum atomic E-state index is 0.0144. The third-order valence-corrected chi connectivity index (χ3v) is 9.27. The molecule has 0 radical (unpaired) electrons. The van der Waals surface area contributed by atoms with Gasteiger partial charge >= 0.3 is 0 Å². The van der Waals surface area contributed by atoms with Crippen molar-refractivity contribution in [3.8, 4) is 11.5 Å². The van der Waals surface area contributed by atoms with Crippen molar-refractivity contribution in [2.75, 3.05) is 20.8 Å². The van der Waals surface area contributed by atoms with Crippen molar-refractivity contribution in [1.82, 2.24) is 0 Å². The zero-order valence-electron chi connectivity index (χ0n) is 22.6. The molecular formula is C30H48O3. The summed E-state index contributed by atoms with van der Waals surface area (Å²) in [4.78, 5) is 0. The fraction of sp³-hybridized carbons (Fsp3) is 0.733. The number of aliphatic hydroxyl groups is 1. The number of benzene rings is 1. The van der Waals surface area contributed by atoms with E-state index in [0.29, 0.717) is 23.7 Å². The van der Waals surface area contributed by atoms with Gasteiger partial charge in [-0.3, -0.25) is 0 Å². The second-order valence-electron chi connectivity index (χ2n) is 12.0. The second kappa shape index (κ2) is 10.0. The molecule has 4 rings (SSSR count). The molecule has 3 aliphatic carbocycles. The van der Waals surface area contributed by atoms with Gasteiger partial charge in [-0.25, -0.2) is 0 Å². The molecular weight excluding hydrogens is 408 g/mol. The maximum Gasteiger partial charge on any atom is 0.126 e. The summed E-state index contributed by atoms with van der Waals surface area (Å²) >= 11 is 0. The highest BCUT2D eigenvalue weighted by molar-refractivity contribution is 5.55. The Morgan fingerprint density at radius 3 is 2.15 bits per heavy atom. The standard InChI is InChI=1S/C30H48O3/c1-10-11-12-13-23(19(2)3)29(4,5)21-15-26(32-8)28(27(16-21)33-9)22-14-20(18-31)24-17-25(22)30(24,6)7/h14-16,19,22-25,31H,10-13,17-18H2,1-9H3/t22-,23?,24+,25-/m0/s1. The molecule has 1 unspecified atom stereocenters. The van der Waals surface area contributed by atoms with Gasteiger partial charge in [0.05, 0.1) is 20.8 Å². The summed E-state index contributed by atoms with van der Waals surface area (Å²) in [6, 6.07) is 4.55. The summed E-state index contributed by atoms with van der Waals surface area (Å²) in [7, 11) is 3.56. The molecule has 33 heavy (non-hydrogen) atoms. The molecule has 186 valence electrons. The van der Waals surface area contributed by atoms with Gasteiger partial charge in [0.25, 0.3) is 0 Å². The maximum atomic E-state index is 10.1. The van der Waals surface area contributed by atoms with E-state index in [1.807, 2.05) is 0 Å². The highest BCUT2D eigenvalue weighted by Gasteiger charge is 2.56. The van der Waals surface area contributed by atoms with Crippen molar-refractivity contribution in [3.05, 3.63) is 34.9 Å². The predicted octanol–water partition coefficient (Wildman–Crippen LogP) is 7.51. The van der Waals surface area contributed by atoms with Gasteiger partial charge in [-0.2, -0.15) is 0 Å². The smallest absolute Gasteiger partial charge is 0.126 e. The Kier molecular flexibility index (Phi) is 7.93. The van der Waals surface area contributed by atoms with Gasteiger partial charge in [-0.1, -0.05) is 73.8 Å². The second-order valence-corrected chi connectivity index (χ2v) is 12.0. The molecule has 2 bridgehead atoms. The summed E-state index contributed by atoms with van der Waals surface area (Å²) in [6.07, 6.45) is 8.51. The highest BCUT2D eigenvalue weighted by atomic mass is 16.5. The van der Waals surface area contributed by atoms with Gasteiger partial charge in [0, 0.05) is 11.5 Å². The minimum absolute atomic E-state index is 0.0144. The van der Waals surface area contributed by atoms with E-state index in [9.17, 15) is 5.11 Å². The Balaban J connectivity index is 2.06. The molecule has 0 spiro atoms. The van der Waals surface area contributed by atoms with Crippen LogP contribution in [0.4, 0.5) is 0 Å².